The second-order valence-electron chi connectivity index (χ2n) is 4.86. The summed E-state index contributed by atoms with van der Waals surface area (Å²) in [5, 5.41) is 4.07. The quantitative estimate of drug-likeness (QED) is 0.850. The van der Waals surface area contributed by atoms with Gasteiger partial charge in [0.2, 0.25) is 5.89 Å². The highest BCUT2D eigenvalue weighted by Gasteiger charge is 2.50. The van der Waals surface area contributed by atoms with Crippen LogP contribution in [-0.4, -0.2) is 15.9 Å². The molecule has 100 valence electrons. The molecule has 1 fully saturated rings. The monoisotopic (exact) mass is 275 g/mol. The van der Waals surface area contributed by atoms with E-state index >= 15 is 0 Å². The summed E-state index contributed by atoms with van der Waals surface area (Å²) in [6.07, 6.45) is 2.14. The van der Waals surface area contributed by atoms with E-state index in [-0.39, 0.29) is 5.41 Å². The van der Waals surface area contributed by atoms with E-state index in [1.54, 1.807) is 11.8 Å². The van der Waals surface area contributed by atoms with Crippen molar-refractivity contribution in [2.24, 2.45) is 0 Å². The molecule has 2 aromatic rings. The van der Waals surface area contributed by atoms with Crippen molar-refractivity contribution in [3.63, 3.8) is 0 Å². The summed E-state index contributed by atoms with van der Waals surface area (Å²) in [5.74, 6) is 3.43. The Morgan fingerprint density at radius 1 is 1.32 bits per heavy atom. The van der Waals surface area contributed by atoms with Crippen LogP contribution in [0.5, 0.6) is 0 Å². The van der Waals surface area contributed by atoms with E-state index in [0.717, 1.165) is 41.7 Å². The number of rotatable bonds is 5. The van der Waals surface area contributed by atoms with E-state index in [1.807, 2.05) is 12.1 Å². The molecule has 1 heterocycles. The largest absolute Gasteiger partial charge is 0.399 e. The minimum absolute atomic E-state index is 0.0597. The third-order valence-electron chi connectivity index (χ3n) is 3.53. The molecule has 0 aliphatic heterocycles. The molecule has 4 nitrogen and oxygen atoms in total. The van der Waals surface area contributed by atoms with Crippen molar-refractivity contribution < 1.29 is 4.52 Å². The Morgan fingerprint density at radius 3 is 2.68 bits per heavy atom. The average molecular weight is 275 g/mol. The molecule has 0 unspecified atom stereocenters. The van der Waals surface area contributed by atoms with Crippen molar-refractivity contribution in [3.8, 4) is 0 Å². The molecule has 1 aliphatic rings. The van der Waals surface area contributed by atoms with E-state index in [1.165, 1.54) is 5.56 Å². The lowest BCUT2D eigenvalue weighted by molar-refractivity contribution is 0.356. The Hall–Kier alpha value is -1.49. The maximum absolute atomic E-state index is 5.73. The molecule has 1 saturated carbocycles. The fourth-order valence-corrected chi connectivity index (χ4v) is 2.76. The first-order chi connectivity index (χ1) is 9.24. The number of anilines is 1. The zero-order valence-corrected chi connectivity index (χ0v) is 11.7. The van der Waals surface area contributed by atoms with Gasteiger partial charge in [-0.15, -0.1) is 0 Å². The van der Waals surface area contributed by atoms with Crippen LogP contribution in [0.25, 0.3) is 0 Å². The standard InChI is InChI=1S/C14H17N3OS/c1-2-19-9-12-16-13(18-17-12)14(7-8-14)10-3-5-11(15)6-4-10/h3-6H,2,7-9,15H2,1H3. The van der Waals surface area contributed by atoms with Gasteiger partial charge < -0.3 is 10.3 Å². The van der Waals surface area contributed by atoms with Gasteiger partial charge in [-0.3, -0.25) is 0 Å². The van der Waals surface area contributed by atoms with E-state index < -0.39 is 0 Å². The summed E-state index contributed by atoms with van der Waals surface area (Å²) in [7, 11) is 0. The number of hydrogen-bond donors (Lipinski definition) is 1. The molecule has 0 amide bonds. The number of nitrogens with zero attached hydrogens (tertiary/aromatic N) is 2. The van der Waals surface area contributed by atoms with Gasteiger partial charge in [-0.05, 0) is 36.3 Å². The summed E-state index contributed by atoms with van der Waals surface area (Å²) in [6, 6.07) is 7.99. The minimum atomic E-state index is -0.0597. The van der Waals surface area contributed by atoms with Gasteiger partial charge in [0.15, 0.2) is 5.82 Å². The number of nitrogen functional groups attached to an aromatic ring is 1. The summed E-state index contributed by atoms with van der Waals surface area (Å²) < 4.78 is 5.47. The van der Waals surface area contributed by atoms with Crippen LogP contribution >= 0.6 is 11.8 Å². The first-order valence-corrected chi connectivity index (χ1v) is 7.67. The van der Waals surface area contributed by atoms with Crippen LogP contribution in [0, 0.1) is 0 Å². The van der Waals surface area contributed by atoms with Gasteiger partial charge >= 0.3 is 0 Å². The molecular weight excluding hydrogens is 258 g/mol. The summed E-state index contributed by atoms with van der Waals surface area (Å²) in [4.78, 5) is 4.55. The molecule has 0 bridgehead atoms. The summed E-state index contributed by atoms with van der Waals surface area (Å²) in [5.41, 5.74) is 7.68. The molecule has 1 aliphatic carbocycles. The number of hydrogen-bond acceptors (Lipinski definition) is 5. The number of thioether (sulfide) groups is 1. The van der Waals surface area contributed by atoms with Crippen LogP contribution in [0.2, 0.25) is 0 Å². The predicted octanol–water partition coefficient (Wildman–Crippen LogP) is 2.98. The summed E-state index contributed by atoms with van der Waals surface area (Å²) in [6.45, 7) is 2.13. The lowest BCUT2D eigenvalue weighted by Gasteiger charge is -2.10. The Labute approximate surface area is 116 Å². The zero-order valence-electron chi connectivity index (χ0n) is 10.9. The Morgan fingerprint density at radius 2 is 2.05 bits per heavy atom. The van der Waals surface area contributed by atoms with Gasteiger partial charge in [0.05, 0.1) is 11.2 Å². The molecule has 0 radical (unpaired) electrons. The van der Waals surface area contributed by atoms with Gasteiger partial charge in [0.1, 0.15) is 0 Å². The first-order valence-electron chi connectivity index (χ1n) is 6.51. The SMILES string of the molecule is CCSCc1noc(C2(c3ccc(N)cc3)CC2)n1. The van der Waals surface area contributed by atoms with E-state index in [2.05, 4.69) is 29.2 Å². The topological polar surface area (TPSA) is 64.9 Å². The van der Waals surface area contributed by atoms with Gasteiger partial charge in [-0.1, -0.05) is 24.2 Å². The fourth-order valence-electron chi connectivity index (χ4n) is 2.25. The summed E-state index contributed by atoms with van der Waals surface area (Å²) >= 11 is 1.80. The van der Waals surface area contributed by atoms with Crippen LogP contribution in [0.4, 0.5) is 5.69 Å². The van der Waals surface area contributed by atoms with E-state index in [9.17, 15) is 0 Å². The van der Waals surface area contributed by atoms with Crippen LogP contribution in [0.15, 0.2) is 28.8 Å². The van der Waals surface area contributed by atoms with Crippen molar-refractivity contribution >= 4 is 17.4 Å². The average Bonchev–Trinajstić information content (AvgIpc) is 3.10. The van der Waals surface area contributed by atoms with Gasteiger partial charge in [0.25, 0.3) is 0 Å². The van der Waals surface area contributed by atoms with Crippen LogP contribution in [0.3, 0.4) is 0 Å². The molecule has 0 spiro atoms. The lowest BCUT2D eigenvalue weighted by Crippen LogP contribution is -2.09. The number of aromatic nitrogens is 2. The maximum Gasteiger partial charge on any atom is 0.237 e. The van der Waals surface area contributed by atoms with Crippen LogP contribution in [0.1, 0.15) is 37.0 Å². The molecule has 1 aromatic carbocycles. The molecule has 19 heavy (non-hydrogen) atoms. The van der Waals surface area contributed by atoms with Crippen molar-refractivity contribution in [2.45, 2.75) is 30.9 Å². The normalized spacial score (nSPS) is 16.5. The van der Waals surface area contributed by atoms with Gasteiger partial charge in [-0.25, -0.2) is 0 Å². The smallest absolute Gasteiger partial charge is 0.237 e. The molecular formula is C14H17N3OS. The lowest BCUT2D eigenvalue weighted by atomic mass is 9.96. The van der Waals surface area contributed by atoms with Gasteiger partial charge in [0, 0.05) is 5.69 Å². The molecule has 0 saturated heterocycles. The van der Waals surface area contributed by atoms with Crippen molar-refractivity contribution in [1.82, 2.24) is 10.1 Å². The molecule has 2 N–H and O–H groups in total. The van der Waals surface area contributed by atoms with E-state index in [0.29, 0.717) is 0 Å². The number of benzene rings is 1. The highest BCUT2D eigenvalue weighted by molar-refractivity contribution is 7.98. The first kappa shape index (κ1) is 12.5. The third-order valence-corrected chi connectivity index (χ3v) is 4.40. The Balaban J connectivity index is 1.84. The molecule has 5 heteroatoms. The van der Waals surface area contributed by atoms with Gasteiger partial charge in [-0.2, -0.15) is 16.7 Å². The van der Waals surface area contributed by atoms with Crippen molar-refractivity contribution in [3.05, 3.63) is 41.5 Å². The predicted molar refractivity (Wildman–Crippen MR) is 77.0 cm³/mol. The van der Waals surface area contributed by atoms with Crippen LogP contribution < -0.4 is 5.73 Å². The minimum Gasteiger partial charge on any atom is -0.399 e. The maximum atomic E-state index is 5.73. The van der Waals surface area contributed by atoms with Crippen LogP contribution in [-0.2, 0) is 11.2 Å². The Bertz CT molecular complexity index is 560. The third kappa shape index (κ3) is 2.34. The fraction of sp³-hybridized carbons (Fsp3) is 0.429. The molecule has 0 atom stereocenters. The molecule has 1 aromatic heterocycles. The Kier molecular flexibility index (Phi) is 3.22. The van der Waals surface area contributed by atoms with Crippen molar-refractivity contribution in [2.75, 3.05) is 11.5 Å². The van der Waals surface area contributed by atoms with Crippen molar-refractivity contribution in [1.29, 1.82) is 0 Å². The second kappa shape index (κ2) is 4.89. The molecule has 3 rings (SSSR count). The van der Waals surface area contributed by atoms with E-state index in [4.69, 9.17) is 10.3 Å². The second-order valence-corrected chi connectivity index (χ2v) is 6.13. The number of nitrogens with two attached hydrogens (primary N) is 1. The highest BCUT2D eigenvalue weighted by atomic mass is 32.2. The zero-order chi connectivity index (χ0) is 13.3. The highest BCUT2D eigenvalue weighted by Crippen LogP contribution is 2.52.